The second-order valence-corrected chi connectivity index (χ2v) is 2.91. The van der Waals surface area contributed by atoms with E-state index >= 15 is 0 Å². The van der Waals surface area contributed by atoms with Crippen LogP contribution in [0.1, 0.15) is 4.88 Å². The Balaban J connectivity index is 2.15. The van der Waals surface area contributed by atoms with Crippen LogP contribution in [0.15, 0.2) is 17.5 Å². The highest BCUT2D eigenvalue weighted by Crippen LogP contribution is 2.08. The maximum atomic E-state index is 4.96. The van der Waals surface area contributed by atoms with Gasteiger partial charge in [0, 0.05) is 18.3 Å². The molecule has 0 aliphatic heterocycles. The zero-order chi connectivity index (χ0) is 7.23. The Bertz CT molecular complexity index is 162. The van der Waals surface area contributed by atoms with Crippen molar-refractivity contribution < 1.29 is 4.84 Å². The normalized spacial score (nSPS) is 10.1. The number of nitrogens with one attached hydrogen (secondary N) is 1. The quantitative estimate of drug-likeness (QED) is 0.527. The van der Waals surface area contributed by atoms with E-state index in [-0.39, 0.29) is 0 Å². The molecule has 0 aliphatic rings. The molecule has 0 radical (unpaired) electrons. The van der Waals surface area contributed by atoms with E-state index in [0.717, 1.165) is 13.0 Å². The molecule has 0 bridgehead atoms. The number of hydrogen-bond acceptors (Lipinski definition) is 3. The summed E-state index contributed by atoms with van der Waals surface area (Å²) in [5.41, 5.74) is 2.63. The van der Waals surface area contributed by atoms with E-state index < -0.39 is 0 Å². The number of hydrogen-bond donors (Lipinski definition) is 1. The van der Waals surface area contributed by atoms with Gasteiger partial charge in [-0.25, -0.2) is 5.48 Å². The molecule has 0 aliphatic carbocycles. The molecule has 0 aromatic carbocycles. The zero-order valence-corrected chi connectivity index (χ0v) is 6.78. The molecular weight excluding hydrogens is 146 g/mol. The van der Waals surface area contributed by atoms with Gasteiger partial charge in [-0.3, -0.25) is 0 Å². The lowest BCUT2D eigenvalue weighted by atomic mass is 10.4. The van der Waals surface area contributed by atoms with Gasteiger partial charge in [-0.1, -0.05) is 6.07 Å². The molecule has 3 heteroatoms. The molecule has 0 saturated carbocycles. The SMILES string of the molecule is CNOCCc1cccs1. The average molecular weight is 157 g/mol. The van der Waals surface area contributed by atoms with Gasteiger partial charge < -0.3 is 4.84 Å². The van der Waals surface area contributed by atoms with Gasteiger partial charge in [0.25, 0.3) is 0 Å². The minimum Gasteiger partial charge on any atom is -0.302 e. The Morgan fingerprint density at radius 3 is 3.20 bits per heavy atom. The van der Waals surface area contributed by atoms with Crippen LogP contribution >= 0.6 is 11.3 Å². The Morgan fingerprint density at radius 2 is 2.60 bits per heavy atom. The highest BCUT2D eigenvalue weighted by atomic mass is 32.1. The Kier molecular flexibility index (Phi) is 3.43. The van der Waals surface area contributed by atoms with Crippen LogP contribution in [0.5, 0.6) is 0 Å². The molecule has 10 heavy (non-hydrogen) atoms. The van der Waals surface area contributed by atoms with Crippen molar-refractivity contribution in [2.75, 3.05) is 13.7 Å². The summed E-state index contributed by atoms with van der Waals surface area (Å²) < 4.78 is 0. The number of hydroxylamine groups is 1. The predicted molar refractivity (Wildman–Crippen MR) is 43.0 cm³/mol. The van der Waals surface area contributed by atoms with Crippen LogP contribution in [0, 0.1) is 0 Å². The first-order valence-corrected chi connectivity index (χ1v) is 4.12. The highest BCUT2D eigenvalue weighted by molar-refractivity contribution is 7.09. The van der Waals surface area contributed by atoms with Gasteiger partial charge in [0.2, 0.25) is 0 Å². The van der Waals surface area contributed by atoms with Crippen LogP contribution in [0.4, 0.5) is 0 Å². The first-order chi connectivity index (χ1) is 4.93. The van der Waals surface area contributed by atoms with Crippen LogP contribution < -0.4 is 5.48 Å². The van der Waals surface area contributed by atoms with Gasteiger partial charge in [0.1, 0.15) is 0 Å². The molecule has 56 valence electrons. The van der Waals surface area contributed by atoms with Crippen molar-refractivity contribution in [3.05, 3.63) is 22.4 Å². The summed E-state index contributed by atoms with van der Waals surface area (Å²) in [7, 11) is 1.77. The van der Waals surface area contributed by atoms with E-state index in [1.165, 1.54) is 4.88 Å². The lowest BCUT2D eigenvalue weighted by molar-refractivity contribution is 0.0607. The molecule has 0 atom stereocenters. The van der Waals surface area contributed by atoms with Gasteiger partial charge in [0.15, 0.2) is 0 Å². The molecule has 0 unspecified atom stereocenters. The van der Waals surface area contributed by atoms with Gasteiger partial charge in [-0.2, -0.15) is 0 Å². The summed E-state index contributed by atoms with van der Waals surface area (Å²) in [6.45, 7) is 0.747. The lowest BCUT2D eigenvalue weighted by Gasteiger charge is -1.97. The van der Waals surface area contributed by atoms with Gasteiger partial charge in [-0.15, -0.1) is 11.3 Å². The predicted octanol–water partition coefficient (Wildman–Crippen LogP) is 1.44. The van der Waals surface area contributed by atoms with Gasteiger partial charge in [-0.05, 0) is 11.4 Å². The fourth-order valence-corrected chi connectivity index (χ4v) is 1.40. The third-order valence-electron chi connectivity index (χ3n) is 1.17. The molecule has 1 aromatic rings. The minimum absolute atomic E-state index is 0.747. The fourth-order valence-electron chi connectivity index (χ4n) is 0.709. The largest absolute Gasteiger partial charge is 0.302 e. The van der Waals surface area contributed by atoms with Crippen LogP contribution in [0.25, 0.3) is 0 Å². The van der Waals surface area contributed by atoms with Crippen LogP contribution in [0.3, 0.4) is 0 Å². The summed E-state index contributed by atoms with van der Waals surface area (Å²) in [5, 5.41) is 2.08. The zero-order valence-electron chi connectivity index (χ0n) is 5.96. The van der Waals surface area contributed by atoms with E-state index in [2.05, 4.69) is 23.0 Å². The van der Waals surface area contributed by atoms with Crippen molar-refractivity contribution in [2.45, 2.75) is 6.42 Å². The highest BCUT2D eigenvalue weighted by Gasteiger charge is 1.91. The Morgan fingerprint density at radius 1 is 1.70 bits per heavy atom. The molecule has 0 saturated heterocycles. The smallest absolute Gasteiger partial charge is 0.0730 e. The number of rotatable bonds is 4. The molecule has 0 fully saturated rings. The van der Waals surface area contributed by atoms with Gasteiger partial charge in [0.05, 0.1) is 6.61 Å². The molecule has 0 amide bonds. The van der Waals surface area contributed by atoms with Crippen LogP contribution in [-0.2, 0) is 11.3 Å². The van der Waals surface area contributed by atoms with Crippen LogP contribution in [0.2, 0.25) is 0 Å². The standard InChI is InChI=1S/C7H11NOS/c1-8-9-5-4-7-3-2-6-10-7/h2-3,6,8H,4-5H2,1H3. The Hall–Kier alpha value is -0.380. The van der Waals surface area contributed by atoms with E-state index in [1.807, 2.05) is 0 Å². The van der Waals surface area contributed by atoms with E-state index in [0.29, 0.717) is 0 Å². The molecular formula is C7H11NOS. The van der Waals surface area contributed by atoms with Crippen LogP contribution in [-0.4, -0.2) is 13.7 Å². The topological polar surface area (TPSA) is 21.3 Å². The molecule has 1 rings (SSSR count). The maximum absolute atomic E-state index is 4.96. The summed E-state index contributed by atoms with van der Waals surface area (Å²) in [4.78, 5) is 6.33. The third kappa shape index (κ3) is 2.47. The first-order valence-electron chi connectivity index (χ1n) is 3.24. The van der Waals surface area contributed by atoms with E-state index in [4.69, 9.17) is 4.84 Å². The van der Waals surface area contributed by atoms with Crippen molar-refractivity contribution in [1.29, 1.82) is 0 Å². The first kappa shape index (κ1) is 7.72. The molecule has 2 nitrogen and oxygen atoms in total. The Labute approximate surface area is 64.8 Å². The summed E-state index contributed by atoms with van der Waals surface area (Å²) >= 11 is 1.77. The lowest BCUT2D eigenvalue weighted by Crippen LogP contribution is -2.09. The van der Waals surface area contributed by atoms with Crippen molar-refractivity contribution in [3.8, 4) is 0 Å². The average Bonchev–Trinajstić information content (AvgIpc) is 2.41. The fraction of sp³-hybridized carbons (Fsp3) is 0.429. The monoisotopic (exact) mass is 157 g/mol. The molecule has 1 N–H and O–H groups in total. The second-order valence-electron chi connectivity index (χ2n) is 1.88. The van der Waals surface area contributed by atoms with Gasteiger partial charge >= 0.3 is 0 Å². The summed E-state index contributed by atoms with van der Waals surface area (Å²) in [6, 6.07) is 4.17. The van der Waals surface area contributed by atoms with Crippen molar-refractivity contribution >= 4 is 11.3 Å². The third-order valence-corrected chi connectivity index (χ3v) is 2.11. The molecule has 0 spiro atoms. The minimum atomic E-state index is 0.747. The molecule has 1 heterocycles. The maximum Gasteiger partial charge on any atom is 0.0730 e. The number of thiophene rings is 1. The summed E-state index contributed by atoms with van der Waals surface area (Å²) in [5.74, 6) is 0. The summed E-state index contributed by atoms with van der Waals surface area (Å²) in [6.07, 6.45) is 0.999. The van der Waals surface area contributed by atoms with E-state index in [1.54, 1.807) is 18.4 Å². The van der Waals surface area contributed by atoms with Crippen molar-refractivity contribution in [2.24, 2.45) is 0 Å². The van der Waals surface area contributed by atoms with Crippen molar-refractivity contribution in [1.82, 2.24) is 5.48 Å². The van der Waals surface area contributed by atoms with Crippen molar-refractivity contribution in [3.63, 3.8) is 0 Å². The second kappa shape index (κ2) is 4.44. The molecule has 1 aromatic heterocycles. The van der Waals surface area contributed by atoms with E-state index in [9.17, 15) is 0 Å².